The molecule has 0 unspecified atom stereocenters. The summed E-state index contributed by atoms with van der Waals surface area (Å²) in [5.41, 5.74) is 0. The zero-order valence-corrected chi connectivity index (χ0v) is 12.4. The van der Waals surface area contributed by atoms with Crippen LogP contribution in [0.25, 0.3) is 0 Å². The van der Waals surface area contributed by atoms with Gasteiger partial charge in [-0.3, -0.25) is 4.90 Å². The van der Waals surface area contributed by atoms with Gasteiger partial charge in [0.05, 0.1) is 18.6 Å². The molecule has 2 aromatic heterocycles. The van der Waals surface area contributed by atoms with E-state index in [0.717, 1.165) is 12.3 Å². The Hall–Kier alpha value is -1.11. The fourth-order valence-corrected chi connectivity index (χ4v) is 3.09. The van der Waals surface area contributed by atoms with Crippen molar-refractivity contribution in [3.8, 4) is 0 Å². The Morgan fingerprint density at radius 3 is 2.68 bits per heavy atom. The second-order valence-corrected chi connectivity index (χ2v) is 7.79. The van der Waals surface area contributed by atoms with Gasteiger partial charge in [-0.05, 0) is 23.6 Å². The highest BCUT2D eigenvalue weighted by atomic mass is 32.2. The minimum Gasteiger partial charge on any atom is -0.468 e. The molecular formula is C13H17NO3S2. The monoisotopic (exact) mass is 299 g/mol. The van der Waals surface area contributed by atoms with Crippen LogP contribution in [0, 0.1) is 0 Å². The first kappa shape index (κ1) is 14.3. The quantitative estimate of drug-likeness (QED) is 0.787. The molecule has 0 fully saturated rings. The van der Waals surface area contributed by atoms with Crippen LogP contribution in [-0.2, 0) is 22.9 Å². The van der Waals surface area contributed by atoms with Crippen LogP contribution in [0.3, 0.4) is 0 Å². The Labute approximate surface area is 117 Å². The van der Waals surface area contributed by atoms with Crippen molar-refractivity contribution in [1.29, 1.82) is 0 Å². The molecule has 0 saturated carbocycles. The molecule has 0 N–H and O–H groups in total. The van der Waals surface area contributed by atoms with Gasteiger partial charge < -0.3 is 4.42 Å². The predicted molar refractivity (Wildman–Crippen MR) is 76.9 cm³/mol. The number of furan rings is 1. The van der Waals surface area contributed by atoms with Gasteiger partial charge in [0.1, 0.15) is 15.6 Å². The topological polar surface area (TPSA) is 50.5 Å². The number of thiophene rings is 1. The summed E-state index contributed by atoms with van der Waals surface area (Å²) in [6.07, 6.45) is 2.90. The smallest absolute Gasteiger partial charge is 0.148 e. The van der Waals surface area contributed by atoms with E-state index < -0.39 is 9.84 Å². The number of hydrogen-bond acceptors (Lipinski definition) is 5. The summed E-state index contributed by atoms with van der Waals surface area (Å²) in [5.74, 6) is 1.02. The van der Waals surface area contributed by atoms with Crippen molar-refractivity contribution < 1.29 is 12.8 Å². The first-order valence-electron chi connectivity index (χ1n) is 5.98. The lowest BCUT2D eigenvalue weighted by Gasteiger charge is -2.19. The van der Waals surface area contributed by atoms with E-state index in [1.807, 2.05) is 23.6 Å². The van der Waals surface area contributed by atoms with Crippen LogP contribution in [0.2, 0.25) is 0 Å². The molecule has 19 heavy (non-hydrogen) atoms. The molecule has 0 saturated heterocycles. The van der Waals surface area contributed by atoms with E-state index in [1.54, 1.807) is 17.6 Å². The van der Waals surface area contributed by atoms with Crippen molar-refractivity contribution in [2.45, 2.75) is 13.1 Å². The summed E-state index contributed by atoms with van der Waals surface area (Å²) in [4.78, 5) is 3.31. The third-order valence-corrected chi connectivity index (χ3v) is 4.48. The normalized spacial score (nSPS) is 12.1. The SMILES string of the molecule is CS(=O)(=O)CCN(Cc1ccco1)Cc1cccs1. The fraction of sp³-hybridized carbons (Fsp3) is 0.385. The third kappa shape index (κ3) is 5.18. The minimum atomic E-state index is -2.95. The van der Waals surface area contributed by atoms with Crippen LogP contribution in [-0.4, -0.2) is 31.9 Å². The molecule has 0 aromatic carbocycles. The molecule has 0 amide bonds. The van der Waals surface area contributed by atoms with Gasteiger partial charge in [0.15, 0.2) is 0 Å². The molecule has 6 heteroatoms. The minimum absolute atomic E-state index is 0.166. The molecule has 2 heterocycles. The third-order valence-electron chi connectivity index (χ3n) is 2.70. The molecule has 0 radical (unpaired) electrons. The van der Waals surface area contributed by atoms with Gasteiger partial charge in [-0.15, -0.1) is 11.3 Å². The van der Waals surface area contributed by atoms with Crippen LogP contribution < -0.4 is 0 Å². The highest BCUT2D eigenvalue weighted by Gasteiger charge is 2.12. The second-order valence-electron chi connectivity index (χ2n) is 4.50. The Kier molecular flexibility index (Phi) is 4.79. The molecule has 104 valence electrons. The van der Waals surface area contributed by atoms with Gasteiger partial charge in [0.25, 0.3) is 0 Å². The summed E-state index contributed by atoms with van der Waals surface area (Å²) in [6, 6.07) is 7.80. The number of sulfone groups is 1. The van der Waals surface area contributed by atoms with E-state index in [-0.39, 0.29) is 5.75 Å². The second kappa shape index (κ2) is 6.36. The molecule has 4 nitrogen and oxygen atoms in total. The average Bonchev–Trinajstić information content (AvgIpc) is 2.97. The molecule has 2 rings (SSSR count). The van der Waals surface area contributed by atoms with E-state index in [2.05, 4.69) is 11.0 Å². The van der Waals surface area contributed by atoms with E-state index in [4.69, 9.17) is 4.42 Å². The van der Waals surface area contributed by atoms with Crippen molar-refractivity contribution in [1.82, 2.24) is 4.90 Å². The maximum Gasteiger partial charge on any atom is 0.148 e. The van der Waals surface area contributed by atoms with Crippen molar-refractivity contribution in [2.75, 3.05) is 18.6 Å². The zero-order valence-electron chi connectivity index (χ0n) is 10.8. The van der Waals surface area contributed by atoms with Crippen LogP contribution >= 0.6 is 11.3 Å². The standard InChI is InChI=1S/C13H17NO3S2/c1-19(15,16)9-6-14(10-12-4-2-7-17-12)11-13-5-3-8-18-13/h2-5,7-8H,6,9-11H2,1H3. The van der Waals surface area contributed by atoms with Gasteiger partial charge in [-0.1, -0.05) is 6.07 Å². The Morgan fingerprint density at radius 2 is 2.11 bits per heavy atom. The maximum atomic E-state index is 11.3. The first-order chi connectivity index (χ1) is 9.03. The number of rotatable bonds is 7. The van der Waals surface area contributed by atoms with E-state index in [1.165, 1.54) is 11.1 Å². The Balaban J connectivity index is 1.99. The van der Waals surface area contributed by atoms with Gasteiger partial charge >= 0.3 is 0 Å². The summed E-state index contributed by atoms with van der Waals surface area (Å²) in [6.45, 7) is 1.88. The van der Waals surface area contributed by atoms with E-state index >= 15 is 0 Å². The van der Waals surface area contributed by atoms with Gasteiger partial charge in [-0.25, -0.2) is 8.42 Å². The van der Waals surface area contributed by atoms with Gasteiger partial charge in [-0.2, -0.15) is 0 Å². The molecule has 0 bridgehead atoms. The van der Waals surface area contributed by atoms with Crippen molar-refractivity contribution in [3.05, 3.63) is 46.5 Å². The number of hydrogen-bond donors (Lipinski definition) is 0. The fourth-order valence-electron chi connectivity index (χ4n) is 1.75. The molecule has 0 spiro atoms. The lowest BCUT2D eigenvalue weighted by molar-refractivity contribution is 0.251. The van der Waals surface area contributed by atoms with E-state index in [0.29, 0.717) is 13.1 Å². The predicted octanol–water partition coefficient (Wildman–Crippen LogP) is 2.39. The molecule has 0 aliphatic heterocycles. The summed E-state index contributed by atoms with van der Waals surface area (Å²) in [7, 11) is -2.95. The van der Waals surface area contributed by atoms with Gasteiger partial charge in [0.2, 0.25) is 0 Å². The lowest BCUT2D eigenvalue weighted by atomic mass is 10.3. The maximum absolute atomic E-state index is 11.3. The zero-order chi connectivity index (χ0) is 13.7. The molecule has 2 aromatic rings. The molecule has 0 aliphatic carbocycles. The van der Waals surface area contributed by atoms with Crippen molar-refractivity contribution in [3.63, 3.8) is 0 Å². The highest BCUT2D eigenvalue weighted by molar-refractivity contribution is 7.90. The molecular weight excluding hydrogens is 282 g/mol. The van der Waals surface area contributed by atoms with Crippen LogP contribution in [0.1, 0.15) is 10.6 Å². The largest absolute Gasteiger partial charge is 0.468 e. The first-order valence-corrected chi connectivity index (χ1v) is 8.92. The average molecular weight is 299 g/mol. The highest BCUT2D eigenvalue weighted by Crippen LogP contribution is 2.14. The lowest BCUT2D eigenvalue weighted by Crippen LogP contribution is -2.28. The van der Waals surface area contributed by atoms with Crippen LogP contribution in [0.15, 0.2) is 40.3 Å². The Morgan fingerprint density at radius 1 is 1.26 bits per heavy atom. The molecule has 0 atom stereocenters. The number of nitrogens with zero attached hydrogens (tertiary/aromatic N) is 1. The van der Waals surface area contributed by atoms with E-state index in [9.17, 15) is 8.42 Å². The molecule has 0 aliphatic rings. The summed E-state index contributed by atoms with van der Waals surface area (Å²) in [5, 5.41) is 2.02. The van der Waals surface area contributed by atoms with Crippen LogP contribution in [0.5, 0.6) is 0 Å². The van der Waals surface area contributed by atoms with Crippen molar-refractivity contribution in [2.24, 2.45) is 0 Å². The summed E-state index contributed by atoms with van der Waals surface area (Å²) < 4.78 is 27.9. The van der Waals surface area contributed by atoms with Gasteiger partial charge in [0, 0.05) is 24.2 Å². The van der Waals surface area contributed by atoms with Crippen molar-refractivity contribution >= 4 is 21.2 Å². The Bertz CT molecular complexity index is 537. The van der Waals surface area contributed by atoms with Crippen LogP contribution in [0.4, 0.5) is 0 Å². The summed E-state index contributed by atoms with van der Waals surface area (Å²) >= 11 is 1.68.